The normalized spacial score (nSPS) is 22.5. The summed E-state index contributed by atoms with van der Waals surface area (Å²) in [4.78, 5) is 0. The van der Waals surface area contributed by atoms with Crippen LogP contribution in [-0.4, -0.2) is 19.8 Å². The topological polar surface area (TPSA) is 32.3 Å². The van der Waals surface area contributed by atoms with Crippen molar-refractivity contribution in [2.75, 3.05) is 19.8 Å². The molecule has 3 heteroatoms. The molecule has 0 spiro atoms. The number of ether oxygens (including phenoxy) is 1. The molecule has 0 aliphatic carbocycles. The Kier molecular flexibility index (Phi) is 14.9. The summed E-state index contributed by atoms with van der Waals surface area (Å²) in [6.45, 7) is 5.54. The van der Waals surface area contributed by atoms with Crippen LogP contribution in [0.1, 0.15) is 20.3 Å². The average molecular weight is 170 g/mol. The molecule has 1 aliphatic heterocycles. The van der Waals surface area contributed by atoms with E-state index >= 15 is 0 Å². The molecule has 56 valence electrons. The molecule has 1 aliphatic rings. The third-order valence-corrected chi connectivity index (χ3v) is 1.26. The van der Waals surface area contributed by atoms with Crippen molar-refractivity contribution in [3.63, 3.8) is 0 Å². The van der Waals surface area contributed by atoms with Gasteiger partial charge in [0.1, 0.15) is 0 Å². The van der Waals surface area contributed by atoms with Gasteiger partial charge in [-0.15, -0.1) is 6.61 Å². The summed E-state index contributed by atoms with van der Waals surface area (Å²) < 4.78 is 4.95. The summed E-state index contributed by atoms with van der Waals surface area (Å²) in [6, 6.07) is 0. The second kappa shape index (κ2) is 10.6. The molecule has 1 fully saturated rings. The summed E-state index contributed by atoms with van der Waals surface area (Å²) in [5.41, 5.74) is 0. The molecule has 0 aromatic carbocycles. The predicted octanol–water partition coefficient (Wildman–Crippen LogP) is -2.59. The molecule has 0 bridgehead atoms. The van der Waals surface area contributed by atoms with Gasteiger partial charge in [-0.3, -0.25) is 0 Å². The monoisotopic (exact) mass is 170 g/mol. The minimum absolute atomic E-state index is 0. The number of rotatable bonds is 1. The standard InChI is InChI=1S/C5H9O2.C2H6.K/c6-3-5-1-2-7-4-5;1-2;/h5H,1-4H2;1-2H3;/q-1;;+1. The van der Waals surface area contributed by atoms with Crippen LogP contribution in [0.4, 0.5) is 0 Å². The maximum absolute atomic E-state index is 10.1. The first-order chi connectivity index (χ1) is 4.43. The third-order valence-electron chi connectivity index (χ3n) is 1.26. The molecule has 2 nitrogen and oxygen atoms in total. The SMILES string of the molecule is CC.[K+].[O-]CC1CCOC1. The van der Waals surface area contributed by atoms with E-state index < -0.39 is 0 Å². The zero-order chi connectivity index (χ0) is 7.11. The van der Waals surface area contributed by atoms with Crippen LogP contribution in [0.2, 0.25) is 0 Å². The summed E-state index contributed by atoms with van der Waals surface area (Å²) >= 11 is 0. The summed E-state index contributed by atoms with van der Waals surface area (Å²) in [5, 5.41) is 10.1. The molecular weight excluding hydrogens is 155 g/mol. The first-order valence-electron chi connectivity index (χ1n) is 3.59. The van der Waals surface area contributed by atoms with Crippen LogP contribution in [0.25, 0.3) is 0 Å². The van der Waals surface area contributed by atoms with Crippen molar-refractivity contribution in [3.05, 3.63) is 0 Å². The zero-order valence-electron chi connectivity index (χ0n) is 7.22. The fourth-order valence-electron chi connectivity index (χ4n) is 0.715. The van der Waals surface area contributed by atoms with Crippen molar-refractivity contribution in [2.24, 2.45) is 5.92 Å². The van der Waals surface area contributed by atoms with Gasteiger partial charge in [-0.1, -0.05) is 13.8 Å². The van der Waals surface area contributed by atoms with Crippen LogP contribution in [0.15, 0.2) is 0 Å². The van der Waals surface area contributed by atoms with E-state index in [9.17, 15) is 5.11 Å². The number of hydrogen-bond acceptors (Lipinski definition) is 2. The molecule has 1 atom stereocenters. The Labute approximate surface area is 106 Å². The van der Waals surface area contributed by atoms with Gasteiger partial charge in [0.15, 0.2) is 0 Å². The van der Waals surface area contributed by atoms with E-state index in [4.69, 9.17) is 4.74 Å². The molecule has 1 heterocycles. The van der Waals surface area contributed by atoms with Crippen molar-refractivity contribution in [3.8, 4) is 0 Å². The molecule has 1 saturated heterocycles. The molecule has 0 aromatic rings. The second-order valence-electron chi connectivity index (χ2n) is 1.90. The van der Waals surface area contributed by atoms with Gasteiger partial charge in [-0.25, -0.2) is 0 Å². The largest absolute Gasteiger partial charge is 1.00 e. The molecule has 0 N–H and O–H groups in total. The van der Waals surface area contributed by atoms with Gasteiger partial charge in [0.05, 0.1) is 0 Å². The van der Waals surface area contributed by atoms with Crippen LogP contribution >= 0.6 is 0 Å². The van der Waals surface area contributed by atoms with E-state index in [2.05, 4.69) is 0 Å². The fourth-order valence-corrected chi connectivity index (χ4v) is 0.715. The van der Waals surface area contributed by atoms with Gasteiger partial charge in [-0.2, -0.15) is 0 Å². The Balaban J connectivity index is 0. The van der Waals surface area contributed by atoms with E-state index in [0.29, 0.717) is 12.5 Å². The van der Waals surface area contributed by atoms with Crippen molar-refractivity contribution in [1.29, 1.82) is 0 Å². The van der Waals surface area contributed by atoms with Gasteiger partial charge in [0.2, 0.25) is 0 Å². The van der Waals surface area contributed by atoms with Gasteiger partial charge in [0.25, 0.3) is 0 Å². The van der Waals surface area contributed by atoms with Crippen LogP contribution in [0.5, 0.6) is 0 Å². The van der Waals surface area contributed by atoms with Crippen LogP contribution in [0.3, 0.4) is 0 Å². The molecule has 1 rings (SSSR count). The van der Waals surface area contributed by atoms with E-state index in [1.165, 1.54) is 0 Å². The molecule has 1 unspecified atom stereocenters. The smallest absolute Gasteiger partial charge is 0.854 e. The molecule has 10 heavy (non-hydrogen) atoms. The van der Waals surface area contributed by atoms with Crippen LogP contribution in [0, 0.1) is 5.92 Å². The molecule has 0 saturated carbocycles. The number of hydrogen-bond donors (Lipinski definition) is 0. The van der Waals surface area contributed by atoms with Crippen LogP contribution < -0.4 is 56.5 Å². The van der Waals surface area contributed by atoms with Crippen LogP contribution in [-0.2, 0) is 4.74 Å². The Hall–Kier alpha value is 1.56. The van der Waals surface area contributed by atoms with Crippen molar-refractivity contribution in [1.82, 2.24) is 0 Å². The Morgan fingerprint density at radius 1 is 1.50 bits per heavy atom. The second-order valence-corrected chi connectivity index (χ2v) is 1.90. The average Bonchev–Trinajstić information content (AvgIpc) is 2.43. The quantitative estimate of drug-likeness (QED) is 0.405. The zero-order valence-corrected chi connectivity index (χ0v) is 10.3. The molecule has 0 aromatic heterocycles. The van der Waals surface area contributed by atoms with E-state index in [-0.39, 0.29) is 58.0 Å². The minimum atomic E-state index is 0. The van der Waals surface area contributed by atoms with Gasteiger partial charge in [-0.05, 0) is 12.3 Å². The van der Waals surface area contributed by atoms with Gasteiger partial charge in [0, 0.05) is 13.2 Å². The Morgan fingerprint density at radius 3 is 2.30 bits per heavy atom. The first kappa shape index (κ1) is 14.1. The van der Waals surface area contributed by atoms with Crippen molar-refractivity contribution in [2.45, 2.75) is 20.3 Å². The predicted molar refractivity (Wildman–Crippen MR) is 35.1 cm³/mol. The molecular formula is C7H15KO2. The summed E-state index contributed by atoms with van der Waals surface area (Å²) in [7, 11) is 0. The Bertz CT molecular complexity index is 53.6. The van der Waals surface area contributed by atoms with Gasteiger partial charge < -0.3 is 9.84 Å². The third kappa shape index (κ3) is 6.28. The van der Waals surface area contributed by atoms with Gasteiger partial charge >= 0.3 is 51.4 Å². The Morgan fingerprint density at radius 2 is 2.10 bits per heavy atom. The maximum Gasteiger partial charge on any atom is 1.00 e. The molecule has 0 amide bonds. The summed E-state index contributed by atoms with van der Waals surface area (Å²) in [6.07, 6.45) is 0.976. The fraction of sp³-hybridized carbons (Fsp3) is 1.00. The first-order valence-corrected chi connectivity index (χ1v) is 3.59. The summed E-state index contributed by atoms with van der Waals surface area (Å²) in [5.74, 6) is 0.319. The minimum Gasteiger partial charge on any atom is -0.854 e. The van der Waals surface area contributed by atoms with Crippen molar-refractivity contribution < 1.29 is 61.2 Å². The van der Waals surface area contributed by atoms with E-state index in [0.717, 1.165) is 13.0 Å². The van der Waals surface area contributed by atoms with E-state index in [1.54, 1.807) is 0 Å². The van der Waals surface area contributed by atoms with E-state index in [1.807, 2.05) is 13.8 Å². The molecule has 0 radical (unpaired) electrons. The maximum atomic E-state index is 10.1. The van der Waals surface area contributed by atoms with Crippen molar-refractivity contribution >= 4 is 0 Å².